The van der Waals surface area contributed by atoms with Gasteiger partial charge in [0.2, 0.25) is 0 Å². The van der Waals surface area contributed by atoms with E-state index >= 15 is 0 Å². The van der Waals surface area contributed by atoms with Crippen LogP contribution in [-0.4, -0.2) is 22.8 Å². The van der Waals surface area contributed by atoms with Crippen LogP contribution >= 0.6 is 0 Å². The van der Waals surface area contributed by atoms with Gasteiger partial charge in [-0.1, -0.05) is 23.9 Å². The molecule has 1 aromatic heterocycles. The second kappa shape index (κ2) is 6.73. The number of hydrogen-bond acceptors (Lipinski definition) is 4. The molecule has 2 aromatic rings. The first-order chi connectivity index (χ1) is 10.2. The van der Waals surface area contributed by atoms with Crippen molar-refractivity contribution in [1.29, 1.82) is 0 Å². The van der Waals surface area contributed by atoms with E-state index in [1.54, 1.807) is 19.1 Å². The molecule has 0 unspecified atom stereocenters. The van der Waals surface area contributed by atoms with E-state index in [0.29, 0.717) is 11.3 Å². The van der Waals surface area contributed by atoms with Gasteiger partial charge in [0, 0.05) is 11.3 Å². The summed E-state index contributed by atoms with van der Waals surface area (Å²) in [5.74, 6) is 5.68. The lowest BCUT2D eigenvalue weighted by molar-refractivity contribution is 0.102. The number of carbonyl (C=O) groups is 1. The maximum absolute atomic E-state index is 12.1. The summed E-state index contributed by atoms with van der Waals surface area (Å²) >= 11 is 0. The molecule has 0 aliphatic carbocycles. The third kappa shape index (κ3) is 3.50. The molecule has 1 amide bonds. The number of benzene rings is 1. The maximum Gasteiger partial charge on any atom is 0.260 e. The summed E-state index contributed by atoms with van der Waals surface area (Å²) in [6, 6.07) is 5.51. The van der Waals surface area contributed by atoms with Gasteiger partial charge in [0.1, 0.15) is 17.9 Å². The molecule has 2 rings (SSSR count). The van der Waals surface area contributed by atoms with Gasteiger partial charge in [0.25, 0.3) is 5.91 Å². The van der Waals surface area contributed by atoms with Crippen molar-refractivity contribution in [3.63, 3.8) is 0 Å². The Morgan fingerprint density at radius 2 is 2.29 bits per heavy atom. The number of aliphatic hydroxyl groups is 1. The zero-order chi connectivity index (χ0) is 15.2. The first kappa shape index (κ1) is 14.8. The van der Waals surface area contributed by atoms with Crippen LogP contribution in [0.3, 0.4) is 0 Å². The van der Waals surface area contributed by atoms with Crippen molar-refractivity contribution < 1.29 is 14.4 Å². The van der Waals surface area contributed by atoms with Crippen molar-refractivity contribution in [3.8, 4) is 11.8 Å². The summed E-state index contributed by atoms with van der Waals surface area (Å²) in [7, 11) is 0. The van der Waals surface area contributed by atoms with Crippen LogP contribution in [0.4, 0.5) is 5.69 Å². The van der Waals surface area contributed by atoms with Crippen LogP contribution in [-0.2, 0) is 6.42 Å². The highest BCUT2D eigenvalue weighted by Crippen LogP contribution is 2.19. The Morgan fingerprint density at radius 3 is 2.90 bits per heavy atom. The van der Waals surface area contributed by atoms with E-state index in [2.05, 4.69) is 22.3 Å². The third-order valence-electron chi connectivity index (χ3n) is 3.04. The van der Waals surface area contributed by atoms with Crippen molar-refractivity contribution in [2.75, 3.05) is 11.9 Å². The first-order valence-corrected chi connectivity index (χ1v) is 6.61. The van der Waals surface area contributed by atoms with Gasteiger partial charge in [-0.2, -0.15) is 0 Å². The first-order valence-electron chi connectivity index (χ1n) is 6.61. The molecule has 0 spiro atoms. The molecule has 0 saturated heterocycles. The minimum atomic E-state index is -0.252. The fourth-order valence-corrected chi connectivity index (χ4v) is 1.93. The predicted octanol–water partition coefficient (Wildman–Crippen LogP) is 2.14. The number of aryl methyl sites for hydroxylation is 2. The van der Waals surface area contributed by atoms with E-state index < -0.39 is 0 Å². The lowest BCUT2D eigenvalue weighted by Crippen LogP contribution is -2.13. The highest BCUT2D eigenvalue weighted by molar-refractivity contribution is 6.05. The fraction of sp³-hybridized carbons (Fsp3) is 0.250. The quantitative estimate of drug-likeness (QED) is 0.847. The Morgan fingerprint density at radius 1 is 1.48 bits per heavy atom. The largest absolute Gasteiger partial charge is 0.384 e. The Hall–Kier alpha value is -2.58. The smallest absolute Gasteiger partial charge is 0.260 e. The summed E-state index contributed by atoms with van der Waals surface area (Å²) in [6.07, 6.45) is 2.16. The molecule has 0 aliphatic rings. The minimum absolute atomic E-state index is 0.174. The molecule has 5 heteroatoms. The molecule has 0 aliphatic heterocycles. The van der Waals surface area contributed by atoms with Gasteiger partial charge in [0.05, 0.1) is 6.20 Å². The fourth-order valence-electron chi connectivity index (χ4n) is 1.93. The Labute approximate surface area is 123 Å². The molecule has 0 bridgehead atoms. The molecule has 21 heavy (non-hydrogen) atoms. The van der Waals surface area contributed by atoms with E-state index in [-0.39, 0.29) is 12.5 Å². The average molecular weight is 284 g/mol. The average Bonchev–Trinajstić information content (AvgIpc) is 2.92. The second-order valence-electron chi connectivity index (χ2n) is 4.44. The summed E-state index contributed by atoms with van der Waals surface area (Å²) in [5.41, 5.74) is 2.93. The maximum atomic E-state index is 12.1. The summed E-state index contributed by atoms with van der Waals surface area (Å²) < 4.78 is 4.89. The number of carbonyl (C=O) groups excluding carboxylic acids is 1. The van der Waals surface area contributed by atoms with Crippen LogP contribution in [0.25, 0.3) is 0 Å². The molecular weight excluding hydrogens is 268 g/mol. The third-order valence-corrected chi connectivity index (χ3v) is 3.04. The molecule has 1 aromatic carbocycles. The van der Waals surface area contributed by atoms with Crippen LogP contribution < -0.4 is 5.32 Å². The zero-order valence-electron chi connectivity index (χ0n) is 11.9. The summed E-state index contributed by atoms with van der Waals surface area (Å²) in [6.45, 7) is 3.52. The number of aromatic nitrogens is 1. The molecule has 0 radical (unpaired) electrons. The Balaban J connectivity index is 2.24. The highest BCUT2D eigenvalue weighted by Gasteiger charge is 2.14. The van der Waals surface area contributed by atoms with Crippen molar-refractivity contribution in [1.82, 2.24) is 5.16 Å². The predicted molar refractivity (Wildman–Crippen MR) is 79.0 cm³/mol. The van der Waals surface area contributed by atoms with Gasteiger partial charge in [-0.3, -0.25) is 4.79 Å². The van der Waals surface area contributed by atoms with E-state index in [0.717, 1.165) is 23.2 Å². The molecular formula is C16H16N2O3. The standard InChI is InChI=1S/C16H16N2O3/c1-3-13-9-12(5-4-8-19)6-7-15(13)18-16(20)14-10-17-21-11(14)2/h6-7,9-10,19H,3,8H2,1-2H3,(H,18,20). The Kier molecular flexibility index (Phi) is 4.75. The lowest BCUT2D eigenvalue weighted by atomic mass is 10.1. The van der Waals surface area contributed by atoms with Gasteiger partial charge in [-0.25, -0.2) is 0 Å². The lowest BCUT2D eigenvalue weighted by Gasteiger charge is -2.09. The Bertz CT molecular complexity index is 708. The van der Waals surface area contributed by atoms with Crippen molar-refractivity contribution in [3.05, 3.63) is 46.8 Å². The van der Waals surface area contributed by atoms with E-state index in [9.17, 15) is 4.79 Å². The van der Waals surface area contributed by atoms with E-state index in [4.69, 9.17) is 9.63 Å². The number of anilines is 1. The number of hydrogen-bond donors (Lipinski definition) is 2. The highest BCUT2D eigenvalue weighted by atomic mass is 16.5. The van der Waals surface area contributed by atoms with Crippen LogP contribution in [0, 0.1) is 18.8 Å². The monoisotopic (exact) mass is 284 g/mol. The molecule has 1 heterocycles. The van der Waals surface area contributed by atoms with Gasteiger partial charge in [0.15, 0.2) is 0 Å². The summed E-state index contributed by atoms with van der Waals surface area (Å²) in [4.78, 5) is 12.1. The van der Waals surface area contributed by atoms with E-state index in [1.807, 2.05) is 13.0 Å². The van der Waals surface area contributed by atoms with Crippen LogP contribution in [0.2, 0.25) is 0 Å². The molecule has 2 N–H and O–H groups in total. The molecule has 0 saturated carbocycles. The van der Waals surface area contributed by atoms with Crippen LogP contribution in [0.15, 0.2) is 28.9 Å². The van der Waals surface area contributed by atoms with Gasteiger partial charge >= 0.3 is 0 Å². The summed E-state index contributed by atoms with van der Waals surface area (Å²) in [5, 5.41) is 15.2. The van der Waals surface area contributed by atoms with Crippen molar-refractivity contribution in [2.45, 2.75) is 20.3 Å². The number of nitrogens with zero attached hydrogens (tertiary/aromatic N) is 1. The van der Waals surface area contributed by atoms with Crippen molar-refractivity contribution in [2.24, 2.45) is 0 Å². The second-order valence-corrected chi connectivity index (χ2v) is 4.44. The van der Waals surface area contributed by atoms with E-state index in [1.165, 1.54) is 6.20 Å². The number of nitrogens with one attached hydrogen (secondary N) is 1. The molecule has 5 nitrogen and oxygen atoms in total. The van der Waals surface area contributed by atoms with Crippen LogP contribution in [0.5, 0.6) is 0 Å². The normalized spacial score (nSPS) is 9.86. The molecule has 108 valence electrons. The number of aliphatic hydroxyl groups excluding tert-OH is 1. The number of rotatable bonds is 3. The minimum Gasteiger partial charge on any atom is -0.384 e. The van der Waals surface area contributed by atoms with Crippen molar-refractivity contribution >= 4 is 11.6 Å². The zero-order valence-corrected chi connectivity index (χ0v) is 11.9. The van der Waals surface area contributed by atoms with Gasteiger partial charge < -0.3 is 14.9 Å². The topological polar surface area (TPSA) is 75.4 Å². The number of amides is 1. The van der Waals surface area contributed by atoms with Gasteiger partial charge in [-0.15, -0.1) is 0 Å². The van der Waals surface area contributed by atoms with Gasteiger partial charge in [-0.05, 0) is 37.1 Å². The SMILES string of the molecule is CCc1cc(C#CCO)ccc1NC(=O)c1cnoc1C. The molecule has 0 atom stereocenters. The molecule has 0 fully saturated rings. The van der Waals surface area contributed by atoms with Crippen LogP contribution in [0.1, 0.15) is 34.2 Å².